The average Bonchev–Trinajstić information content (AvgIpc) is 2.57. The van der Waals surface area contributed by atoms with E-state index < -0.39 is 17.3 Å². The Balaban J connectivity index is 2.08. The third-order valence-corrected chi connectivity index (χ3v) is 3.51. The van der Waals surface area contributed by atoms with Crippen molar-refractivity contribution in [3.8, 4) is 0 Å². The topological polar surface area (TPSA) is 12.0 Å². The van der Waals surface area contributed by atoms with Gasteiger partial charge in [0.2, 0.25) is 0 Å². The van der Waals surface area contributed by atoms with Gasteiger partial charge in [-0.15, -0.1) is 0 Å². The van der Waals surface area contributed by atoms with Crippen LogP contribution in [0.4, 0.5) is 13.2 Å². The highest BCUT2D eigenvalue weighted by Crippen LogP contribution is 2.38. The number of alkyl halides is 2. The van der Waals surface area contributed by atoms with Gasteiger partial charge in [0.1, 0.15) is 5.82 Å². The van der Waals surface area contributed by atoms with E-state index in [0.29, 0.717) is 0 Å². The van der Waals surface area contributed by atoms with Gasteiger partial charge in [0.15, 0.2) is 0 Å². The average molecular weight is 257 g/mol. The van der Waals surface area contributed by atoms with Crippen LogP contribution in [-0.4, -0.2) is 13.1 Å². The number of benzene rings is 1. The quantitative estimate of drug-likeness (QED) is 0.870. The molecule has 2 rings (SSSR count). The molecule has 1 fully saturated rings. The lowest BCUT2D eigenvalue weighted by molar-refractivity contribution is -0.0336. The zero-order chi connectivity index (χ0) is 13.0. The lowest BCUT2D eigenvalue weighted by atomic mass is 9.90. The summed E-state index contributed by atoms with van der Waals surface area (Å²) in [6.45, 7) is 1.67. The van der Waals surface area contributed by atoms with E-state index in [2.05, 4.69) is 5.32 Å². The number of nitrogens with one attached hydrogen (secondary N) is 1. The number of halogens is 3. The minimum atomic E-state index is -3.07. The van der Waals surface area contributed by atoms with Crippen molar-refractivity contribution in [2.45, 2.75) is 31.6 Å². The van der Waals surface area contributed by atoms with Crippen LogP contribution >= 0.6 is 0 Å². The lowest BCUT2D eigenvalue weighted by Gasteiger charge is -2.22. The van der Waals surface area contributed by atoms with Crippen LogP contribution in [0.3, 0.4) is 0 Å². The molecule has 1 unspecified atom stereocenters. The summed E-state index contributed by atoms with van der Waals surface area (Å²) in [7, 11) is 0. The number of hydrogen-bond acceptors (Lipinski definition) is 1. The van der Waals surface area contributed by atoms with E-state index in [1.165, 1.54) is 18.2 Å². The number of hydrogen-bond donors (Lipinski definition) is 1. The van der Waals surface area contributed by atoms with Crippen LogP contribution in [0.2, 0.25) is 0 Å². The van der Waals surface area contributed by atoms with Gasteiger partial charge in [0, 0.05) is 6.42 Å². The molecule has 1 aromatic rings. The second kappa shape index (κ2) is 5.74. The van der Waals surface area contributed by atoms with Crippen molar-refractivity contribution >= 4 is 0 Å². The highest BCUT2D eigenvalue weighted by molar-refractivity contribution is 5.22. The summed E-state index contributed by atoms with van der Waals surface area (Å²) >= 11 is 0. The first-order valence-electron chi connectivity index (χ1n) is 6.43. The van der Waals surface area contributed by atoms with Gasteiger partial charge in [-0.1, -0.05) is 18.2 Å². The second-order valence-electron chi connectivity index (χ2n) is 4.94. The summed E-state index contributed by atoms with van der Waals surface area (Å²) in [6.07, 6.45) is 2.19. The molecule has 0 spiro atoms. The summed E-state index contributed by atoms with van der Waals surface area (Å²) in [6, 6.07) is 5.17. The number of rotatable bonds is 3. The van der Waals surface area contributed by atoms with E-state index in [4.69, 9.17) is 0 Å². The van der Waals surface area contributed by atoms with Gasteiger partial charge >= 0.3 is 0 Å². The second-order valence-corrected chi connectivity index (χ2v) is 4.94. The molecule has 100 valence electrons. The Morgan fingerprint density at radius 2 is 1.94 bits per heavy atom. The lowest BCUT2D eigenvalue weighted by Crippen LogP contribution is -2.21. The largest absolute Gasteiger partial charge is 0.317 e. The van der Waals surface area contributed by atoms with E-state index in [9.17, 15) is 13.2 Å². The van der Waals surface area contributed by atoms with Gasteiger partial charge in [-0.2, -0.15) is 0 Å². The molecule has 1 aromatic carbocycles. The SMILES string of the molecule is Fc1ccccc1C(F)(F)CC1CCCNCC1. The maximum Gasteiger partial charge on any atom is 0.276 e. The van der Waals surface area contributed by atoms with E-state index in [0.717, 1.165) is 38.4 Å². The molecule has 1 saturated heterocycles. The van der Waals surface area contributed by atoms with Crippen molar-refractivity contribution in [3.05, 3.63) is 35.6 Å². The first kappa shape index (κ1) is 13.4. The van der Waals surface area contributed by atoms with Gasteiger partial charge in [0.25, 0.3) is 5.92 Å². The van der Waals surface area contributed by atoms with Crippen LogP contribution in [0.5, 0.6) is 0 Å². The zero-order valence-corrected chi connectivity index (χ0v) is 10.3. The predicted octanol–water partition coefficient (Wildman–Crippen LogP) is 3.70. The molecular formula is C14H18F3N. The Labute approximate surface area is 105 Å². The van der Waals surface area contributed by atoms with Crippen molar-refractivity contribution in [2.24, 2.45) is 5.92 Å². The smallest absolute Gasteiger partial charge is 0.276 e. The standard InChI is InChI=1S/C14H18F3N/c15-13-6-2-1-5-12(13)14(16,17)10-11-4-3-8-18-9-7-11/h1-2,5-6,11,18H,3-4,7-10H2. The molecule has 0 bridgehead atoms. The summed E-state index contributed by atoms with van der Waals surface area (Å²) in [5.41, 5.74) is -0.470. The zero-order valence-electron chi connectivity index (χ0n) is 10.3. The highest BCUT2D eigenvalue weighted by atomic mass is 19.3. The van der Waals surface area contributed by atoms with E-state index in [1.54, 1.807) is 0 Å². The van der Waals surface area contributed by atoms with Gasteiger partial charge in [0.05, 0.1) is 5.56 Å². The Morgan fingerprint density at radius 3 is 2.72 bits per heavy atom. The van der Waals surface area contributed by atoms with Crippen LogP contribution in [-0.2, 0) is 5.92 Å². The molecule has 1 atom stereocenters. The van der Waals surface area contributed by atoms with Gasteiger partial charge in [-0.05, 0) is 44.3 Å². The molecule has 0 amide bonds. The summed E-state index contributed by atoms with van der Waals surface area (Å²) in [4.78, 5) is 0. The van der Waals surface area contributed by atoms with Gasteiger partial charge in [-0.3, -0.25) is 0 Å². The van der Waals surface area contributed by atoms with Crippen molar-refractivity contribution in [3.63, 3.8) is 0 Å². The Morgan fingerprint density at radius 1 is 1.17 bits per heavy atom. The summed E-state index contributed by atoms with van der Waals surface area (Å²) < 4.78 is 41.6. The third kappa shape index (κ3) is 3.25. The molecule has 0 aliphatic carbocycles. The first-order valence-corrected chi connectivity index (χ1v) is 6.43. The molecule has 4 heteroatoms. The van der Waals surface area contributed by atoms with E-state index in [1.807, 2.05) is 0 Å². The summed E-state index contributed by atoms with van der Waals surface area (Å²) in [5.74, 6) is -3.91. The molecule has 0 aromatic heterocycles. The minimum absolute atomic E-state index is 0.0328. The van der Waals surface area contributed by atoms with Gasteiger partial charge < -0.3 is 5.32 Å². The fraction of sp³-hybridized carbons (Fsp3) is 0.571. The van der Waals surface area contributed by atoms with E-state index >= 15 is 0 Å². The molecule has 18 heavy (non-hydrogen) atoms. The molecule has 0 saturated carbocycles. The Kier molecular flexibility index (Phi) is 4.27. The Bertz CT molecular complexity index is 384. The minimum Gasteiger partial charge on any atom is -0.317 e. The van der Waals surface area contributed by atoms with Crippen LogP contribution in [0.15, 0.2) is 24.3 Å². The maximum absolute atomic E-state index is 14.1. The van der Waals surface area contributed by atoms with Crippen molar-refractivity contribution in [2.75, 3.05) is 13.1 Å². The first-order chi connectivity index (χ1) is 8.59. The Hall–Kier alpha value is -1.03. The van der Waals surface area contributed by atoms with Crippen LogP contribution < -0.4 is 5.32 Å². The molecule has 1 N–H and O–H groups in total. The van der Waals surface area contributed by atoms with Crippen molar-refractivity contribution in [1.29, 1.82) is 0 Å². The molecular weight excluding hydrogens is 239 g/mol. The summed E-state index contributed by atoms with van der Waals surface area (Å²) in [5, 5.41) is 3.20. The molecule has 0 radical (unpaired) electrons. The fourth-order valence-corrected chi connectivity index (χ4v) is 2.53. The normalized spacial score (nSPS) is 21.6. The maximum atomic E-state index is 14.1. The fourth-order valence-electron chi connectivity index (χ4n) is 2.53. The van der Waals surface area contributed by atoms with Crippen LogP contribution in [0, 0.1) is 11.7 Å². The van der Waals surface area contributed by atoms with Crippen LogP contribution in [0.1, 0.15) is 31.2 Å². The van der Waals surface area contributed by atoms with Gasteiger partial charge in [-0.25, -0.2) is 13.2 Å². The highest BCUT2D eigenvalue weighted by Gasteiger charge is 2.36. The van der Waals surface area contributed by atoms with E-state index in [-0.39, 0.29) is 12.3 Å². The molecule has 1 heterocycles. The molecule has 1 aliphatic heterocycles. The molecule has 1 aliphatic rings. The van der Waals surface area contributed by atoms with Crippen LogP contribution in [0.25, 0.3) is 0 Å². The molecule has 1 nitrogen and oxygen atoms in total. The monoisotopic (exact) mass is 257 g/mol. The van der Waals surface area contributed by atoms with Crippen molar-refractivity contribution < 1.29 is 13.2 Å². The van der Waals surface area contributed by atoms with Crippen molar-refractivity contribution in [1.82, 2.24) is 5.32 Å². The third-order valence-electron chi connectivity index (χ3n) is 3.51. The predicted molar refractivity (Wildman–Crippen MR) is 65.1 cm³/mol.